The van der Waals surface area contributed by atoms with Crippen molar-refractivity contribution in [2.24, 2.45) is 0 Å². The lowest BCUT2D eigenvalue weighted by atomic mass is 9.70. The third-order valence-corrected chi connectivity index (χ3v) is 13.2. The predicted octanol–water partition coefficient (Wildman–Crippen LogP) is 17.4. The Morgan fingerprint density at radius 1 is 0.351 bits per heavy atom. The van der Waals surface area contributed by atoms with Crippen molar-refractivity contribution in [3.63, 3.8) is 0 Å². The van der Waals surface area contributed by atoms with Crippen LogP contribution in [0, 0.1) is 13.8 Å². The second-order valence-electron chi connectivity index (χ2n) is 17.2. The van der Waals surface area contributed by atoms with Crippen LogP contribution < -0.4 is 0 Å². The van der Waals surface area contributed by atoms with Crippen molar-refractivity contribution in [2.45, 2.75) is 123 Å². The van der Waals surface area contributed by atoms with Gasteiger partial charge in [0.15, 0.2) is 0 Å². The molecule has 0 fully saturated rings. The van der Waals surface area contributed by atoms with Crippen LogP contribution in [0.2, 0.25) is 0 Å². The average Bonchev–Trinajstić information content (AvgIpc) is 3.50. The van der Waals surface area contributed by atoms with Crippen molar-refractivity contribution in [1.29, 1.82) is 0 Å². The van der Waals surface area contributed by atoms with E-state index in [1.807, 2.05) is 0 Å². The maximum absolute atomic E-state index is 2.61. The minimum absolute atomic E-state index is 0.0825. The molecule has 0 spiro atoms. The molecule has 57 heavy (non-hydrogen) atoms. The second-order valence-corrected chi connectivity index (χ2v) is 17.2. The van der Waals surface area contributed by atoms with Gasteiger partial charge in [-0.15, -0.1) is 0 Å². The molecule has 8 rings (SSSR count). The van der Waals surface area contributed by atoms with Gasteiger partial charge in [-0.3, -0.25) is 0 Å². The van der Waals surface area contributed by atoms with Gasteiger partial charge in [0, 0.05) is 5.41 Å². The molecule has 7 aromatic rings. The van der Waals surface area contributed by atoms with Crippen LogP contribution in [0.15, 0.2) is 133 Å². The first kappa shape index (κ1) is 38.9. The van der Waals surface area contributed by atoms with Gasteiger partial charge in [-0.2, -0.15) is 0 Å². The van der Waals surface area contributed by atoms with Gasteiger partial charge in [-0.1, -0.05) is 229 Å². The summed E-state index contributed by atoms with van der Waals surface area (Å²) in [5.41, 5.74) is 16.7. The largest absolute Gasteiger partial charge is 0.0654 e. The van der Waals surface area contributed by atoms with E-state index in [4.69, 9.17) is 0 Å². The highest BCUT2D eigenvalue weighted by Gasteiger charge is 2.42. The van der Waals surface area contributed by atoms with E-state index in [2.05, 4.69) is 161 Å². The summed E-state index contributed by atoms with van der Waals surface area (Å²) < 4.78 is 0. The van der Waals surface area contributed by atoms with Crippen LogP contribution in [0.5, 0.6) is 0 Å². The van der Waals surface area contributed by atoms with Crippen LogP contribution in [0.25, 0.3) is 66.1 Å². The monoisotopic (exact) mass is 746 g/mol. The van der Waals surface area contributed by atoms with E-state index in [9.17, 15) is 0 Å². The molecule has 0 unspecified atom stereocenters. The zero-order valence-corrected chi connectivity index (χ0v) is 35.1. The normalized spacial score (nSPS) is 13.0. The van der Waals surface area contributed by atoms with E-state index >= 15 is 0 Å². The molecule has 0 aliphatic heterocycles. The molecule has 0 atom stereocenters. The summed E-state index contributed by atoms with van der Waals surface area (Å²) in [7, 11) is 0. The Hall–Kier alpha value is -4.94. The van der Waals surface area contributed by atoms with Gasteiger partial charge in [0.1, 0.15) is 0 Å². The Kier molecular flexibility index (Phi) is 12.1. The van der Waals surface area contributed by atoms with Gasteiger partial charge in [-0.05, 0) is 110 Å². The van der Waals surface area contributed by atoms with Gasteiger partial charge in [-0.25, -0.2) is 0 Å². The Balaban J connectivity index is 1.18. The molecule has 0 bridgehead atoms. The van der Waals surface area contributed by atoms with Gasteiger partial charge >= 0.3 is 0 Å². The third-order valence-electron chi connectivity index (χ3n) is 13.2. The highest BCUT2D eigenvalue weighted by atomic mass is 14.4. The van der Waals surface area contributed by atoms with Gasteiger partial charge in [0.05, 0.1) is 0 Å². The minimum Gasteiger partial charge on any atom is -0.0654 e. The first-order chi connectivity index (χ1) is 28.0. The first-order valence-electron chi connectivity index (χ1n) is 22.4. The molecule has 0 radical (unpaired) electrons. The van der Waals surface area contributed by atoms with Crippen LogP contribution in [0.4, 0.5) is 0 Å². The van der Waals surface area contributed by atoms with E-state index in [0.29, 0.717) is 0 Å². The molecular formula is C57H62. The SMILES string of the molecule is CCCCCCCCC1(CCCCCCCC)c2cc(C)ccc2-c2ccc(-c3ccc(-c4c5ccccc5c(-c5ccc(C)cc5)c5ccccc45)cc3)cc21. The third kappa shape index (κ3) is 7.86. The maximum Gasteiger partial charge on any atom is 0.0215 e. The Morgan fingerprint density at radius 3 is 1.25 bits per heavy atom. The fourth-order valence-electron chi connectivity index (χ4n) is 10.2. The fourth-order valence-corrected chi connectivity index (χ4v) is 10.2. The molecule has 0 saturated heterocycles. The highest BCUT2D eigenvalue weighted by Crippen LogP contribution is 2.55. The van der Waals surface area contributed by atoms with E-state index in [0.717, 1.165) is 0 Å². The number of hydrogen-bond donors (Lipinski definition) is 0. The molecule has 0 N–H and O–H groups in total. The lowest BCUT2D eigenvalue weighted by Gasteiger charge is -2.33. The zero-order valence-electron chi connectivity index (χ0n) is 35.1. The van der Waals surface area contributed by atoms with Crippen molar-refractivity contribution < 1.29 is 0 Å². The topological polar surface area (TPSA) is 0 Å². The number of benzene rings is 7. The van der Waals surface area contributed by atoms with Gasteiger partial charge < -0.3 is 0 Å². The minimum atomic E-state index is 0.0825. The smallest absolute Gasteiger partial charge is 0.0215 e. The van der Waals surface area contributed by atoms with Gasteiger partial charge in [0.25, 0.3) is 0 Å². The predicted molar refractivity (Wildman–Crippen MR) is 249 cm³/mol. The number of unbranched alkanes of at least 4 members (excludes halogenated alkanes) is 10. The quantitative estimate of drug-likeness (QED) is 0.0643. The number of aryl methyl sites for hydroxylation is 2. The number of rotatable bonds is 17. The molecular weight excluding hydrogens is 685 g/mol. The summed E-state index contributed by atoms with van der Waals surface area (Å²) in [4.78, 5) is 0. The van der Waals surface area contributed by atoms with E-state index in [1.54, 1.807) is 11.1 Å². The van der Waals surface area contributed by atoms with Gasteiger partial charge in [0.2, 0.25) is 0 Å². The zero-order chi connectivity index (χ0) is 39.2. The molecule has 0 amide bonds. The summed E-state index contributed by atoms with van der Waals surface area (Å²) in [6.45, 7) is 9.10. The molecule has 1 aliphatic carbocycles. The van der Waals surface area contributed by atoms with Crippen molar-refractivity contribution in [1.82, 2.24) is 0 Å². The Labute approximate surface area is 343 Å². The van der Waals surface area contributed by atoms with Crippen LogP contribution in [-0.2, 0) is 5.41 Å². The van der Waals surface area contributed by atoms with E-state index in [1.165, 1.54) is 167 Å². The standard InChI is InChI=1S/C57H62/c1-5-7-9-11-13-19-37-57(38-20-14-12-10-8-6-2)53-39-42(4)27-35-47(53)48-36-34-46(40-54(48)57)43-30-32-45(33-31-43)56-51-23-17-15-21-49(51)55(44-28-25-41(3)26-29-44)50-22-16-18-24-52(50)56/h15-18,21-36,39-40H,5-14,19-20,37-38H2,1-4H3. The fraction of sp³-hybridized carbons (Fsp3) is 0.333. The van der Waals surface area contributed by atoms with E-state index in [-0.39, 0.29) is 5.41 Å². The van der Waals surface area contributed by atoms with E-state index < -0.39 is 0 Å². The highest BCUT2D eigenvalue weighted by molar-refractivity contribution is 6.21. The summed E-state index contributed by atoms with van der Waals surface area (Å²) in [6, 6.07) is 51.3. The summed E-state index contributed by atoms with van der Waals surface area (Å²) in [6.07, 6.45) is 18.6. The van der Waals surface area contributed by atoms with Crippen LogP contribution in [-0.4, -0.2) is 0 Å². The van der Waals surface area contributed by atoms with Crippen molar-refractivity contribution in [3.05, 3.63) is 156 Å². The lowest BCUT2D eigenvalue weighted by Crippen LogP contribution is -2.25. The second kappa shape index (κ2) is 17.7. The lowest BCUT2D eigenvalue weighted by molar-refractivity contribution is 0.398. The Bertz CT molecular complexity index is 2370. The summed E-state index contributed by atoms with van der Waals surface area (Å²) in [5.74, 6) is 0. The molecule has 0 nitrogen and oxygen atoms in total. The molecule has 7 aromatic carbocycles. The van der Waals surface area contributed by atoms with Crippen LogP contribution in [0.1, 0.15) is 126 Å². The summed E-state index contributed by atoms with van der Waals surface area (Å²) in [5, 5.41) is 5.22. The molecule has 0 aromatic heterocycles. The van der Waals surface area contributed by atoms with Crippen molar-refractivity contribution in [2.75, 3.05) is 0 Å². The molecule has 0 heterocycles. The molecule has 290 valence electrons. The Morgan fingerprint density at radius 2 is 0.737 bits per heavy atom. The molecule has 0 saturated carbocycles. The van der Waals surface area contributed by atoms with Crippen LogP contribution in [0.3, 0.4) is 0 Å². The average molecular weight is 747 g/mol. The first-order valence-corrected chi connectivity index (χ1v) is 22.4. The summed E-state index contributed by atoms with van der Waals surface area (Å²) >= 11 is 0. The van der Waals surface area contributed by atoms with Crippen molar-refractivity contribution >= 4 is 21.5 Å². The number of fused-ring (bicyclic) bond motifs is 5. The maximum atomic E-state index is 2.61. The van der Waals surface area contributed by atoms with Crippen LogP contribution >= 0.6 is 0 Å². The molecule has 1 aliphatic rings. The number of hydrogen-bond acceptors (Lipinski definition) is 0. The van der Waals surface area contributed by atoms with Crippen molar-refractivity contribution in [3.8, 4) is 44.5 Å². The molecule has 0 heteroatoms.